The van der Waals surface area contributed by atoms with Gasteiger partial charge in [0.2, 0.25) is 0 Å². The van der Waals surface area contributed by atoms with Gasteiger partial charge < -0.3 is 15.5 Å². The second-order valence-corrected chi connectivity index (χ2v) is 8.34. The minimum absolute atomic E-state index is 0.335. The molecule has 8 heteroatoms. The van der Waals surface area contributed by atoms with Crippen LogP contribution in [0.4, 0.5) is 14.5 Å². The second kappa shape index (κ2) is 9.50. The summed E-state index contributed by atoms with van der Waals surface area (Å²) in [5.74, 6) is -0.478. The summed E-state index contributed by atoms with van der Waals surface area (Å²) in [7, 11) is 0. The van der Waals surface area contributed by atoms with Crippen LogP contribution in [-0.4, -0.2) is 53.9 Å². The van der Waals surface area contributed by atoms with E-state index in [1.807, 2.05) is 11.8 Å². The van der Waals surface area contributed by atoms with Gasteiger partial charge in [0, 0.05) is 18.7 Å². The lowest BCUT2D eigenvalue weighted by Gasteiger charge is -2.39. The van der Waals surface area contributed by atoms with Crippen molar-refractivity contribution in [3.05, 3.63) is 29.8 Å². The lowest BCUT2D eigenvalue weighted by Crippen LogP contribution is -2.45. The van der Waals surface area contributed by atoms with E-state index in [9.17, 15) is 18.4 Å². The maximum Gasteiger partial charge on any atom is 0.313 e. The molecular formula is C19H25F2N3O2S. The van der Waals surface area contributed by atoms with Crippen molar-refractivity contribution in [1.29, 1.82) is 0 Å². The molecule has 0 saturated carbocycles. The first kappa shape index (κ1) is 20.1. The van der Waals surface area contributed by atoms with Crippen LogP contribution in [0.3, 0.4) is 0 Å². The monoisotopic (exact) mass is 397 g/mol. The molecule has 0 atom stereocenters. The molecule has 0 bridgehead atoms. The van der Waals surface area contributed by atoms with Crippen molar-refractivity contribution >= 4 is 29.3 Å². The molecule has 2 saturated heterocycles. The Bertz CT molecular complexity index is 675. The van der Waals surface area contributed by atoms with Gasteiger partial charge in [-0.1, -0.05) is 0 Å². The number of hydrogen-bond donors (Lipinski definition) is 2. The maximum absolute atomic E-state index is 13.5. The van der Waals surface area contributed by atoms with E-state index < -0.39 is 23.4 Å². The second-order valence-electron chi connectivity index (χ2n) is 7.11. The lowest BCUT2D eigenvalue weighted by atomic mass is 9.94. The van der Waals surface area contributed by atoms with Crippen LogP contribution in [0.15, 0.2) is 18.2 Å². The van der Waals surface area contributed by atoms with E-state index in [2.05, 4.69) is 15.5 Å². The first-order valence-corrected chi connectivity index (χ1v) is 10.5. The zero-order chi connectivity index (χ0) is 19.2. The molecule has 0 aliphatic carbocycles. The molecular weight excluding hydrogens is 372 g/mol. The molecule has 148 valence electrons. The van der Waals surface area contributed by atoms with Crippen molar-refractivity contribution in [3.8, 4) is 0 Å². The minimum Gasteiger partial charge on any atom is -0.348 e. The number of amides is 2. The van der Waals surface area contributed by atoms with E-state index in [-0.39, 0.29) is 5.69 Å². The van der Waals surface area contributed by atoms with Crippen LogP contribution in [0.1, 0.15) is 25.7 Å². The summed E-state index contributed by atoms with van der Waals surface area (Å²) in [4.78, 5) is 26.4. The van der Waals surface area contributed by atoms with E-state index in [0.717, 1.165) is 44.1 Å². The number of hydrogen-bond acceptors (Lipinski definition) is 4. The Hall–Kier alpha value is -1.67. The van der Waals surface area contributed by atoms with Crippen LogP contribution >= 0.6 is 11.8 Å². The summed E-state index contributed by atoms with van der Waals surface area (Å²) in [6.45, 7) is 2.47. The van der Waals surface area contributed by atoms with Crippen LogP contribution in [-0.2, 0) is 9.59 Å². The van der Waals surface area contributed by atoms with Gasteiger partial charge in [0.15, 0.2) is 0 Å². The molecule has 0 spiro atoms. The largest absolute Gasteiger partial charge is 0.348 e. The molecule has 2 N–H and O–H groups in total. The van der Waals surface area contributed by atoms with E-state index >= 15 is 0 Å². The fraction of sp³-hybridized carbons (Fsp3) is 0.579. The molecule has 2 aliphatic heterocycles. The number of likely N-dealkylation sites (tertiary alicyclic amines) is 1. The third-order valence-corrected chi connectivity index (χ3v) is 6.34. The smallest absolute Gasteiger partial charge is 0.313 e. The summed E-state index contributed by atoms with van der Waals surface area (Å²) in [6.07, 6.45) is 4.49. The number of anilines is 1. The molecule has 2 aliphatic rings. The predicted molar refractivity (Wildman–Crippen MR) is 103 cm³/mol. The van der Waals surface area contributed by atoms with Crippen LogP contribution in [0.2, 0.25) is 0 Å². The molecule has 0 radical (unpaired) electrons. The summed E-state index contributed by atoms with van der Waals surface area (Å²) in [6, 6.07) is 3.39. The number of benzene rings is 1. The van der Waals surface area contributed by atoms with Gasteiger partial charge >= 0.3 is 11.8 Å². The third-order valence-electron chi connectivity index (χ3n) is 5.29. The van der Waals surface area contributed by atoms with Gasteiger partial charge in [-0.05, 0) is 68.3 Å². The van der Waals surface area contributed by atoms with E-state index in [4.69, 9.17) is 0 Å². The van der Waals surface area contributed by atoms with E-state index in [1.54, 1.807) is 0 Å². The van der Waals surface area contributed by atoms with Crippen molar-refractivity contribution in [1.82, 2.24) is 10.2 Å². The molecule has 2 amide bonds. The molecule has 5 nitrogen and oxygen atoms in total. The number of piperidine rings is 1. The quantitative estimate of drug-likeness (QED) is 0.767. The molecule has 2 fully saturated rings. The highest BCUT2D eigenvalue weighted by Gasteiger charge is 2.27. The average molecular weight is 397 g/mol. The number of carbonyl (C=O) groups excluding carboxylic acids is 2. The molecule has 0 unspecified atom stereocenters. The van der Waals surface area contributed by atoms with E-state index in [1.165, 1.54) is 24.3 Å². The molecule has 0 aromatic heterocycles. The Labute approximate surface area is 162 Å². The van der Waals surface area contributed by atoms with Crippen LogP contribution in [0.5, 0.6) is 0 Å². The van der Waals surface area contributed by atoms with Crippen molar-refractivity contribution < 1.29 is 18.4 Å². The fourth-order valence-corrected chi connectivity index (χ4v) is 4.74. The third kappa shape index (κ3) is 5.65. The number of nitrogens with zero attached hydrogens (tertiary/aromatic N) is 1. The fourth-order valence-electron chi connectivity index (χ4n) is 3.66. The molecule has 1 aromatic rings. The number of nitrogens with one attached hydrogen (secondary N) is 2. The van der Waals surface area contributed by atoms with Crippen LogP contribution < -0.4 is 10.6 Å². The highest BCUT2D eigenvalue weighted by Crippen LogP contribution is 2.26. The molecule has 3 rings (SSSR count). The highest BCUT2D eigenvalue weighted by atomic mass is 32.2. The Balaban J connectivity index is 1.40. The first-order chi connectivity index (χ1) is 13.0. The number of carbonyl (C=O) groups is 2. The van der Waals surface area contributed by atoms with Crippen molar-refractivity contribution in [2.45, 2.75) is 31.7 Å². The van der Waals surface area contributed by atoms with Crippen molar-refractivity contribution in [3.63, 3.8) is 0 Å². The number of rotatable bonds is 4. The van der Waals surface area contributed by atoms with Crippen molar-refractivity contribution in [2.24, 2.45) is 5.92 Å². The summed E-state index contributed by atoms with van der Waals surface area (Å²) < 4.78 is 26.7. The van der Waals surface area contributed by atoms with Gasteiger partial charge in [0.05, 0.1) is 5.69 Å². The van der Waals surface area contributed by atoms with Crippen LogP contribution in [0.25, 0.3) is 0 Å². The number of halogens is 2. The standard InChI is InChI=1S/C19H25F2N3O2S/c20-14-1-2-16(21)17(11-14)23-19(26)18(25)22-12-13-3-7-24(8-4-13)15-5-9-27-10-6-15/h1-2,11,13,15H,3-10,12H2,(H,22,25)(H,23,26). The van der Waals surface area contributed by atoms with Gasteiger partial charge in [-0.3, -0.25) is 9.59 Å². The average Bonchev–Trinajstić information content (AvgIpc) is 2.70. The maximum atomic E-state index is 13.5. The van der Waals surface area contributed by atoms with Gasteiger partial charge in [0.25, 0.3) is 0 Å². The molecule has 27 heavy (non-hydrogen) atoms. The Morgan fingerprint density at radius 3 is 2.48 bits per heavy atom. The lowest BCUT2D eigenvalue weighted by molar-refractivity contribution is -0.136. The minimum atomic E-state index is -0.989. The predicted octanol–water partition coefficient (Wildman–Crippen LogP) is 2.63. The van der Waals surface area contributed by atoms with Gasteiger partial charge in [-0.2, -0.15) is 11.8 Å². The van der Waals surface area contributed by atoms with Crippen LogP contribution in [0, 0.1) is 17.6 Å². The topological polar surface area (TPSA) is 61.4 Å². The van der Waals surface area contributed by atoms with Crippen molar-refractivity contribution in [2.75, 3.05) is 36.5 Å². The first-order valence-electron chi connectivity index (χ1n) is 9.39. The van der Waals surface area contributed by atoms with Gasteiger partial charge in [-0.15, -0.1) is 0 Å². The SMILES string of the molecule is O=C(NCC1CCN(C2CCSCC2)CC1)C(=O)Nc1cc(F)ccc1F. The zero-order valence-corrected chi connectivity index (χ0v) is 16.0. The normalized spacial score (nSPS) is 19.6. The Morgan fingerprint density at radius 1 is 1.07 bits per heavy atom. The summed E-state index contributed by atoms with van der Waals surface area (Å²) >= 11 is 2.02. The summed E-state index contributed by atoms with van der Waals surface area (Å²) in [5.41, 5.74) is -0.339. The Kier molecular flexibility index (Phi) is 7.07. The van der Waals surface area contributed by atoms with Gasteiger partial charge in [0.1, 0.15) is 11.6 Å². The molecule has 1 aromatic carbocycles. The summed E-state index contributed by atoms with van der Waals surface area (Å²) in [5, 5.41) is 4.72. The number of thioether (sulfide) groups is 1. The van der Waals surface area contributed by atoms with Gasteiger partial charge in [-0.25, -0.2) is 8.78 Å². The Morgan fingerprint density at radius 2 is 1.78 bits per heavy atom. The van der Waals surface area contributed by atoms with E-state index in [0.29, 0.717) is 18.5 Å². The zero-order valence-electron chi connectivity index (χ0n) is 15.2. The molecule has 2 heterocycles. The highest BCUT2D eigenvalue weighted by molar-refractivity contribution is 7.99.